The number of rotatable bonds is 4. The van der Waals surface area contributed by atoms with Crippen molar-refractivity contribution in [2.75, 3.05) is 6.54 Å². The van der Waals surface area contributed by atoms with Gasteiger partial charge in [0.2, 0.25) is 0 Å². The Labute approximate surface area is 92.6 Å². The van der Waals surface area contributed by atoms with Gasteiger partial charge in [-0.05, 0) is 31.7 Å². The Kier molecular flexibility index (Phi) is 3.45. The van der Waals surface area contributed by atoms with E-state index in [0.717, 1.165) is 25.8 Å². The van der Waals surface area contributed by atoms with Crippen LogP contribution in [0, 0.1) is 5.92 Å². The average molecular weight is 225 g/mol. The average Bonchev–Trinajstić information content (AvgIpc) is 2.79. The minimum absolute atomic E-state index is 0.399. The van der Waals surface area contributed by atoms with Gasteiger partial charge >= 0.3 is 5.97 Å². The number of carboxylic acid groups (broad SMARTS) is 1. The fraction of sp³-hybridized carbons (Fsp3) is 0.778. The number of carboxylic acids is 1. The summed E-state index contributed by atoms with van der Waals surface area (Å²) in [6.45, 7) is 0.772. The molecule has 0 unspecified atom stereocenters. The van der Waals surface area contributed by atoms with E-state index in [1.54, 1.807) is 0 Å². The van der Waals surface area contributed by atoms with E-state index in [4.69, 9.17) is 5.11 Å². The second kappa shape index (κ2) is 5.02. The lowest BCUT2D eigenvalue weighted by Crippen LogP contribution is -2.43. The van der Waals surface area contributed by atoms with Gasteiger partial charge in [-0.3, -0.25) is 4.79 Å². The summed E-state index contributed by atoms with van der Waals surface area (Å²) in [6.07, 6.45) is 3.38. The van der Waals surface area contributed by atoms with Crippen LogP contribution in [0.5, 0.6) is 0 Å². The van der Waals surface area contributed by atoms with Crippen LogP contribution in [0.2, 0.25) is 0 Å². The molecule has 16 heavy (non-hydrogen) atoms. The minimum atomic E-state index is -0.760. The van der Waals surface area contributed by atoms with Crippen molar-refractivity contribution in [1.82, 2.24) is 25.9 Å². The predicted molar refractivity (Wildman–Crippen MR) is 54.6 cm³/mol. The highest BCUT2D eigenvalue weighted by Crippen LogP contribution is 2.21. The van der Waals surface area contributed by atoms with Gasteiger partial charge in [0.1, 0.15) is 6.04 Å². The van der Waals surface area contributed by atoms with E-state index in [1.807, 2.05) is 0 Å². The number of tetrazole rings is 1. The maximum absolute atomic E-state index is 10.8. The Bertz CT molecular complexity index is 340. The van der Waals surface area contributed by atoms with E-state index in [2.05, 4.69) is 25.9 Å². The summed E-state index contributed by atoms with van der Waals surface area (Å²) in [5, 5.41) is 25.5. The number of carbonyl (C=O) groups is 1. The van der Waals surface area contributed by atoms with E-state index in [9.17, 15) is 4.79 Å². The van der Waals surface area contributed by atoms with E-state index in [1.165, 1.54) is 0 Å². The Morgan fingerprint density at radius 1 is 1.56 bits per heavy atom. The first-order valence-corrected chi connectivity index (χ1v) is 5.44. The highest BCUT2D eigenvalue weighted by molar-refractivity contribution is 5.73. The molecule has 1 saturated heterocycles. The molecule has 2 atom stereocenters. The SMILES string of the molecule is O=C(O)[C@H]1C[C@@H](CCc2nn[nH]n2)CCN1. The number of H-pyrrole nitrogens is 1. The van der Waals surface area contributed by atoms with Crippen molar-refractivity contribution < 1.29 is 9.90 Å². The molecule has 1 aromatic rings. The summed E-state index contributed by atoms with van der Waals surface area (Å²) in [5.74, 6) is 0.371. The van der Waals surface area contributed by atoms with Gasteiger partial charge in [0.25, 0.3) is 0 Å². The van der Waals surface area contributed by atoms with Gasteiger partial charge in [0.05, 0.1) is 0 Å². The molecule has 1 aliphatic heterocycles. The maximum atomic E-state index is 10.8. The zero-order chi connectivity index (χ0) is 11.4. The fourth-order valence-electron chi connectivity index (χ4n) is 2.07. The largest absolute Gasteiger partial charge is 0.480 e. The second-order valence-corrected chi connectivity index (χ2v) is 4.10. The highest BCUT2D eigenvalue weighted by atomic mass is 16.4. The number of nitrogens with zero attached hydrogens (tertiary/aromatic N) is 3. The van der Waals surface area contributed by atoms with Crippen LogP contribution in [-0.2, 0) is 11.2 Å². The summed E-state index contributed by atoms with van der Waals surface area (Å²) in [7, 11) is 0. The molecule has 7 nitrogen and oxygen atoms in total. The first-order valence-electron chi connectivity index (χ1n) is 5.44. The van der Waals surface area contributed by atoms with Crippen molar-refractivity contribution >= 4 is 5.97 Å². The third kappa shape index (κ3) is 2.75. The summed E-state index contributed by atoms with van der Waals surface area (Å²) in [4.78, 5) is 10.8. The molecule has 3 N–H and O–H groups in total. The van der Waals surface area contributed by atoms with Crippen molar-refractivity contribution in [3.8, 4) is 0 Å². The molecule has 2 rings (SSSR count). The standard InChI is InChI=1S/C9H15N5O2/c15-9(16)7-5-6(3-4-10-7)1-2-8-11-13-14-12-8/h6-7,10H,1-5H2,(H,15,16)(H,11,12,13,14)/t6-,7+/m0/s1. The Morgan fingerprint density at radius 2 is 2.44 bits per heavy atom. The number of aryl methyl sites for hydroxylation is 1. The van der Waals surface area contributed by atoms with Crippen LogP contribution in [0.4, 0.5) is 0 Å². The van der Waals surface area contributed by atoms with Crippen molar-refractivity contribution in [2.45, 2.75) is 31.7 Å². The summed E-state index contributed by atoms with van der Waals surface area (Å²) >= 11 is 0. The number of piperidine rings is 1. The van der Waals surface area contributed by atoms with Crippen molar-refractivity contribution in [3.05, 3.63) is 5.82 Å². The summed E-state index contributed by atoms with van der Waals surface area (Å²) in [6, 6.07) is -0.399. The van der Waals surface area contributed by atoms with Crippen LogP contribution in [0.25, 0.3) is 0 Å². The van der Waals surface area contributed by atoms with Crippen LogP contribution in [0.1, 0.15) is 25.1 Å². The second-order valence-electron chi connectivity index (χ2n) is 4.10. The molecule has 0 radical (unpaired) electrons. The van der Waals surface area contributed by atoms with Gasteiger partial charge in [0.15, 0.2) is 5.82 Å². The third-order valence-electron chi connectivity index (χ3n) is 2.98. The number of aromatic nitrogens is 4. The molecular weight excluding hydrogens is 210 g/mol. The number of aromatic amines is 1. The molecule has 0 amide bonds. The first-order chi connectivity index (χ1) is 7.75. The number of aliphatic carboxylic acids is 1. The van der Waals surface area contributed by atoms with Gasteiger partial charge in [0, 0.05) is 6.42 Å². The summed E-state index contributed by atoms with van der Waals surface area (Å²) in [5.41, 5.74) is 0. The molecule has 7 heteroatoms. The molecule has 0 saturated carbocycles. The van der Waals surface area contributed by atoms with Crippen LogP contribution >= 0.6 is 0 Å². The maximum Gasteiger partial charge on any atom is 0.320 e. The Balaban J connectivity index is 1.79. The van der Waals surface area contributed by atoms with Crippen LogP contribution < -0.4 is 5.32 Å². The molecule has 2 heterocycles. The topological polar surface area (TPSA) is 104 Å². The van der Waals surface area contributed by atoms with Crippen LogP contribution in [-0.4, -0.2) is 44.3 Å². The van der Waals surface area contributed by atoms with Gasteiger partial charge in [-0.2, -0.15) is 5.21 Å². The van der Waals surface area contributed by atoms with E-state index >= 15 is 0 Å². The number of hydrogen-bond donors (Lipinski definition) is 3. The van der Waals surface area contributed by atoms with Crippen LogP contribution in [0.15, 0.2) is 0 Å². The van der Waals surface area contributed by atoms with Gasteiger partial charge in [-0.25, -0.2) is 0 Å². The lowest BCUT2D eigenvalue weighted by molar-refractivity contribution is -0.140. The molecule has 1 aliphatic rings. The summed E-state index contributed by atoms with van der Waals surface area (Å²) < 4.78 is 0. The van der Waals surface area contributed by atoms with Gasteiger partial charge < -0.3 is 10.4 Å². The lowest BCUT2D eigenvalue weighted by atomic mass is 9.88. The van der Waals surface area contributed by atoms with Gasteiger partial charge in [-0.15, -0.1) is 10.2 Å². The molecule has 0 bridgehead atoms. The zero-order valence-corrected chi connectivity index (χ0v) is 8.89. The molecule has 0 aliphatic carbocycles. The molecule has 0 spiro atoms. The van der Waals surface area contributed by atoms with Gasteiger partial charge in [-0.1, -0.05) is 5.21 Å². The smallest absolute Gasteiger partial charge is 0.320 e. The number of nitrogens with one attached hydrogen (secondary N) is 2. The zero-order valence-electron chi connectivity index (χ0n) is 8.89. The van der Waals surface area contributed by atoms with E-state index in [0.29, 0.717) is 18.2 Å². The lowest BCUT2D eigenvalue weighted by Gasteiger charge is -2.27. The molecular formula is C9H15N5O2. The quantitative estimate of drug-likeness (QED) is 0.643. The monoisotopic (exact) mass is 225 g/mol. The van der Waals surface area contributed by atoms with E-state index < -0.39 is 12.0 Å². The Morgan fingerprint density at radius 3 is 3.12 bits per heavy atom. The minimum Gasteiger partial charge on any atom is -0.480 e. The van der Waals surface area contributed by atoms with E-state index in [-0.39, 0.29) is 0 Å². The predicted octanol–water partition coefficient (Wildman–Crippen LogP) is -0.415. The normalized spacial score (nSPS) is 25.5. The molecule has 88 valence electrons. The fourth-order valence-corrected chi connectivity index (χ4v) is 2.07. The number of hydrogen-bond acceptors (Lipinski definition) is 5. The third-order valence-corrected chi connectivity index (χ3v) is 2.98. The Hall–Kier alpha value is -1.50. The van der Waals surface area contributed by atoms with Crippen molar-refractivity contribution in [2.24, 2.45) is 5.92 Å². The molecule has 1 aromatic heterocycles. The van der Waals surface area contributed by atoms with Crippen molar-refractivity contribution in [1.29, 1.82) is 0 Å². The highest BCUT2D eigenvalue weighted by Gasteiger charge is 2.26. The molecule has 1 fully saturated rings. The molecule has 0 aromatic carbocycles. The van der Waals surface area contributed by atoms with Crippen LogP contribution in [0.3, 0.4) is 0 Å². The first kappa shape index (κ1) is 11.0. The van der Waals surface area contributed by atoms with Crippen molar-refractivity contribution in [3.63, 3.8) is 0 Å².